The topological polar surface area (TPSA) is 93.0 Å². The summed E-state index contributed by atoms with van der Waals surface area (Å²) >= 11 is 0. The summed E-state index contributed by atoms with van der Waals surface area (Å²) in [6, 6.07) is 7.38. The molecule has 0 aliphatic carbocycles. The van der Waals surface area contributed by atoms with Gasteiger partial charge in [0.1, 0.15) is 5.69 Å². The van der Waals surface area contributed by atoms with Crippen LogP contribution >= 0.6 is 0 Å². The number of aromatic nitrogens is 4. The van der Waals surface area contributed by atoms with E-state index in [2.05, 4.69) is 20.4 Å². The van der Waals surface area contributed by atoms with E-state index in [1.54, 1.807) is 10.7 Å². The molecule has 0 unspecified atom stereocenters. The van der Waals surface area contributed by atoms with Gasteiger partial charge in [0, 0.05) is 37.9 Å². The fourth-order valence-corrected chi connectivity index (χ4v) is 3.94. The Kier molecular flexibility index (Phi) is 5.97. The summed E-state index contributed by atoms with van der Waals surface area (Å²) in [6.45, 7) is 7.91. The number of amides is 2. The van der Waals surface area contributed by atoms with Crippen LogP contribution in [-0.4, -0.2) is 49.6 Å². The van der Waals surface area contributed by atoms with Crippen molar-refractivity contribution in [3.8, 4) is 0 Å². The quantitative estimate of drug-likeness (QED) is 0.683. The molecule has 162 valence electrons. The first-order valence-corrected chi connectivity index (χ1v) is 10.8. The van der Waals surface area contributed by atoms with Crippen LogP contribution in [0.2, 0.25) is 0 Å². The van der Waals surface area contributed by atoms with Gasteiger partial charge in [0.2, 0.25) is 5.91 Å². The van der Waals surface area contributed by atoms with Gasteiger partial charge in [-0.25, -0.2) is 9.97 Å². The first-order chi connectivity index (χ1) is 14.9. The lowest BCUT2D eigenvalue weighted by molar-refractivity contribution is -0.117. The van der Waals surface area contributed by atoms with Gasteiger partial charge < -0.3 is 10.2 Å². The highest BCUT2D eigenvalue weighted by molar-refractivity contribution is 5.93. The van der Waals surface area contributed by atoms with Crippen LogP contribution in [0.4, 0.5) is 5.69 Å². The van der Waals surface area contributed by atoms with E-state index in [1.165, 1.54) is 0 Å². The summed E-state index contributed by atoms with van der Waals surface area (Å²) < 4.78 is 1.76. The Morgan fingerprint density at radius 2 is 1.77 bits per heavy atom. The lowest BCUT2D eigenvalue weighted by Gasteiger charge is -2.31. The molecule has 0 radical (unpaired) electrons. The zero-order chi connectivity index (χ0) is 22.0. The second-order valence-electron chi connectivity index (χ2n) is 8.14. The van der Waals surface area contributed by atoms with Crippen molar-refractivity contribution in [2.75, 3.05) is 18.4 Å². The molecule has 1 saturated heterocycles. The number of benzene rings is 1. The Hall–Kier alpha value is -3.29. The lowest BCUT2D eigenvalue weighted by Crippen LogP contribution is -2.39. The molecule has 2 amide bonds. The molecule has 0 saturated carbocycles. The number of hydrogen-bond donors (Lipinski definition) is 1. The van der Waals surface area contributed by atoms with Gasteiger partial charge in [0.05, 0.1) is 22.4 Å². The molecule has 2 aromatic heterocycles. The zero-order valence-electron chi connectivity index (χ0n) is 18.3. The predicted octanol–water partition coefficient (Wildman–Crippen LogP) is 3.34. The van der Waals surface area contributed by atoms with Crippen LogP contribution in [0.3, 0.4) is 0 Å². The monoisotopic (exact) mass is 420 g/mol. The molecule has 1 aromatic carbocycles. The minimum Gasteiger partial charge on any atom is -0.337 e. The number of fused-ring (bicyclic) bond motifs is 1. The first-order valence-electron chi connectivity index (χ1n) is 10.8. The molecule has 0 atom stereocenters. The van der Waals surface area contributed by atoms with E-state index in [-0.39, 0.29) is 17.7 Å². The Balaban J connectivity index is 1.30. The number of piperidine rings is 1. The summed E-state index contributed by atoms with van der Waals surface area (Å²) in [5.41, 5.74) is 4.61. The minimum absolute atomic E-state index is 0.0115. The van der Waals surface area contributed by atoms with Crippen molar-refractivity contribution in [3.05, 3.63) is 47.5 Å². The fraction of sp³-hybridized carbons (Fsp3) is 0.435. The molecule has 31 heavy (non-hydrogen) atoms. The smallest absolute Gasteiger partial charge is 0.274 e. The number of anilines is 1. The number of rotatable bonds is 5. The van der Waals surface area contributed by atoms with Crippen molar-refractivity contribution < 1.29 is 9.59 Å². The highest BCUT2D eigenvalue weighted by atomic mass is 16.2. The molecule has 3 aromatic rings. The lowest BCUT2D eigenvalue weighted by atomic mass is 9.93. The highest BCUT2D eigenvalue weighted by Crippen LogP contribution is 2.23. The Morgan fingerprint density at radius 3 is 2.45 bits per heavy atom. The van der Waals surface area contributed by atoms with Crippen LogP contribution in [0.1, 0.15) is 48.1 Å². The maximum Gasteiger partial charge on any atom is 0.274 e. The van der Waals surface area contributed by atoms with Gasteiger partial charge in [-0.1, -0.05) is 0 Å². The van der Waals surface area contributed by atoms with E-state index in [1.807, 2.05) is 50.1 Å². The Labute approximate surface area is 181 Å². The zero-order valence-corrected chi connectivity index (χ0v) is 18.3. The molecule has 4 rings (SSSR count). The first kappa shape index (κ1) is 21.0. The molecular weight excluding hydrogens is 392 g/mol. The van der Waals surface area contributed by atoms with Crippen molar-refractivity contribution in [1.82, 2.24) is 24.6 Å². The van der Waals surface area contributed by atoms with E-state index in [4.69, 9.17) is 0 Å². The Bertz CT molecular complexity index is 1110. The standard InChI is InChI=1S/C23H28N6O2/c1-4-29-12-9-20(27-29)23(31)28-10-7-17(8-11-28)13-22(30)26-18-5-6-19-21(14-18)25-16(3)15(2)24-19/h5-6,9,12,14,17H,4,7-8,10-11,13H2,1-3H3,(H,26,30). The summed E-state index contributed by atoms with van der Waals surface area (Å²) in [5, 5.41) is 7.29. The number of carbonyl (C=O) groups is 2. The Morgan fingerprint density at radius 1 is 1.06 bits per heavy atom. The van der Waals surface area contributed by atoms with Crippen LogP contribution in [0, 0.1) is 19.8 Å². The molecule has 8 nitrogen and oxygen atoms in total. The van der Waals surface area contributed by atoms with E-state index < -0.39 is 0 Å². The van der Waals surface area contributed by atoms with Gasteiger partial charge in [-0.05, 0) is 63.8 Å². The minimum atomic E-state index is -0.0297. The molecule has 8 heteroatoms. The van der Waals surface area contributed by atoms with Crippen molar-refractivity contribution in [2.45, 2.75) is 46.6 Å². The van der Waals surface area contributed by atoms with Crippen LogP contribution in [-0.2, 0) is 11.3 Å². The molecule has 0 bridgehead atoms. The number of likely N-dealkylation sites (tertiary alicyclic amines) is 1. The summed E-state index contributed by atoms with van der Waals surface area (Å²) in [7, 11) is 0. The van der Waals surface area contributed by atoms with E-state index in [0.29, 0.717) is 25.2 Å². The number of nitrogens with zero attached hydrogens (tertiary/aromatic N) is 5. The molecule has 1 N–H and O–H groups in total. The van der Waals surface area contributed by atoms with Gasteiger partial charge in [0.25, 0.3) is 5.91 Å². The molecule has 0 spiro atoms. The second kappa shape index (κ2) is 8.83. The summed E-state index contributed by atoms with van der Waals surface area (Å²) in [5.74, 6) is 0.225. The molecule has 1 aliphatic heterocycles. The summed E-state index contributed by atoms with van der Waals surface area (Å²) in [4.78, 5) is 36.1. The predicted molar refractivity (Wildman–Crippen MR) is 119 cm³/mol. The molecule has 3 heterocycles. The van der Waals surface area contributed by atoms with Crippen molar-refractivity contribution >= 4 is 28.5 Å². The SMILES string of the molecule is CCn1ccc(C(=O)N2CCC(CC(=O)Nc3ccc4nc(C)c(C)nc4c3)CC2)n1. The third-order valence-electron chi connectivity index (χ3n) is 5.92. The van der Waals surface area contributed by atoms with Crippen LogP contribution < -0.4 is 5.32 Å². The van der Waals surface area contributed by atoms with E-state index in [0.717, 1.165) is 47.5 Å². The normalized spacial score (nSPS) is 14.7. The van der Waals surface area contributed by atoms with E-state index >= 15 is 0 Å². The van der Waals surface area contributed by atoms with Crippen molar-refractivity contribution in [2.24, 2.45) is 5.92 Å². The van der Waals surface area contributed by atoms with Gasteiger partial charge in [-0.3, -0.25) is 14.3 Å². The third-order valence-corrected chi connectivity index (χ3v) is 5.92. The highest BCUT2D eigenvalue weighted by Gasteiger charge is 2.26. The maximum absolute atomic E-state index is 12.6. The van der Waals surface area contributed by atoms with Crippen LogP contribution in [0.25, 0.3) is 11.0 Å². The summed E-state index contributed by atoms with van der Waals surface area (Å²) in [6.07, 6.45) is 3.90. The van der Waals surface area contributed by atoms with Crippen molar-refractivity contribution in [3.63, 3.8) is 0 Å². The molecule has 1 fully saturated rings. The third kappa shape index (κ3) is 4.73. The number of hydrogen-bond acceptors (Lipinski definition) is 5. The van der Waals surface area contributed by atoms with Crippen LogP contribution in [0.5, 0.6) is 0 Å². The number of carbonyl (C=O) groups excluding carboxylic acids is 2. The number of nitrogens with one attached hydrogen (secondary N) is 1. The van der Waals surface area contributed by atoms with Gasteiger partial charge in [-0.2, -0.15) is 5.10 Å². The second-order valence-corrected chi connectivity index (χ2v) is 8.14. The molecular formula is C23H28N6O2. The average molecular weight is 421 g/mol. The number of aryl methyl sites for hydroxylation is 3. The average Bonchev–Trinajstić information content (AvgIpc) is 3.24. The van der Waals surface area contributed by atoms with Crippen molar-refractivity contribution in [1.29, 1.82) is 0 Å². The molecule has 1 aliphatic rings. The van der Waals surface area contributed by atoms with Gasteiger partial charge in [0.15, 0.2) is 0 Å². The van der Waals surface area contributed by atoms with Crippen LogP contribution in [0.15, 0.2) is 30.5 Å². The largest absolute Gasteiger partial charge is 0.337 e. The fourth-order valence-electron chi connectivity index (χ4n) is 3.94. The van der Waals surface area contributed by atoms with Gasteiger partial charge >= 0.3 is 0 Å². The van der Waals surface area contributed by atoms with Gasteiger partial charge in [-0.15, -0.1) is 0 Å². The maximum atomic E-state index is 12.6. The van der Waals surface area contributed by atoms with E-state index in [9.17, 15) is 9.59 Å².